The molecule has 1 heterocycles. The first-order valence-corrected chi connectivity index (χ1v) is 7.17. The van der Waals surface area contributed by atoms with Gasteiger partial charge >= 0.3 is 5.97 Å². The lowest BCUT2D eigenvalue weighted by atomic mass is 9.94. The average Bonchev–Trinajstić information content (AvgIpc) is 2.69. The van der Waals surface area contributed by atoms with Crippen molar-refractivity contribution in [3.8, 4) is 0 Å². The van der Waals surface area contributed by atoms with Crippen molar-refractivity contribution in [3.05, 3.63) is 0 Å². The van der Waals surface area contributed by atoms with Crippen LogP contribution in [0, 0.1) is 11.8 Å². The summed E-state index contributed by atoms with van der Waals surface area (Å²) in [6.45, 7) is 7.31. The van der Waals surface area contributed by atoms with Gasteiger partial charge < -0.3 is 14.9 Å². The molecule has 2 amide bonds. The minimum atomic E-state index is -0.955. The lowest BCUT2D eigenvalue weighted by Crippen LogP contribution is -2.41. The quantitative estimate of drug-likeness (QED) is 0.829. The zero-order valence-electron chi connectivity index (χ0n) is 12.5. The molecule has 0 aromatic carbocycles. The van der Waals surface area contributed by atoms with Crippen molar-refractivity contribution in [1.82, 2.24) is 9.80 Å². The van der Waals surface area contributed by atoms with E-state index in [-0.39, 0.29) is 11.8 Å². The van der Waals surface area contributed by atoms with Crippen molar-refractivity contribution in [3.63, 3.8) is 0 Å². The highest BCUT2D eigenvalue weighted by molar-refractivity contribution is 5.84. The highest BCUT2D eigenvalue weighted by Crippen LogP contribution is 2.16. The molecule has 1 saturated heterocycles. The molecule has 0 saturated carbocycles. The van der Waals surface area contributed by atoms with Gasteiger partial charge in [0, 0.05) is 38.5 Å². The van der Waals surface area contributed by atoms with Crippen molar-refractivity contribution in [2.45, 2.75) is 33.6 Å². The van der Waals surface area contributed by atoms with Crippen LogP contribution in [-0.2, 0) is 14.4 Å². The van der Waals surface area contributed by atoms with Crippen LogP contribution in [0.3, 0.4) is 0 Å². The maximum Gasteiger partial charge on any atom is 0.307 e. The maximum absolute atomic E-state index is 12.3. The molecule has 20 heavy (non-hydrogen) atoms. The Bertz CT molecular complexity index is 383. The summed E-state index contributed by atoms with van der Waals surface area (Å²) in [7, 11) is 0. The Kier molecular flexibility index (Phi) is 5.98. The summed E-state index contributed by atoms with van der Waals surface area (Å²) < 4.78 is 0. The van der Waals surface area contributed by atoms with Gasteiger partial charge in [-0.25, -0.2) is 0 Å². The zero-order valence-corrected chi connectivity index (χ0v) is 12.5. The summed E-state index contributed by atoms with van der Waals surface area (Å²) in [6.07, 6.45) is 1.21. The minimum Gasteiger partial charge on any atom is -0.481 e. The second kappa shape index (κ2) is 7.26. The van der Waals surface area contributed by atoms with E-state index in [1.807, 2.05) is 6.92 Å². The van der Waals surface area contributed by atoms with Crippen LogP contribution in [0.5, 0.6) is 0 Å². The van der Waals surface area contributed by atoms with E-state index in [1.54, 1.807) is 23.6 Å². The van der Waals surface area contributed by atoms with Gasteiger partial charge in [-0.2, -0.15) is 0 Å². The molecule has 0 spiro atoms. The highest BCUT2D eigenvalue weighted by Gasteiger charge is 2.30. The first kappa shape index (κ1) is 16.5. The Labute approximate surface area is 119 Å². The zero-order chi connectivity index (χ0) is 15.3. The van der Waals surface area contributed by atoms with Crippen LogP contribution in [0.2, 0.25) is 0 Å². The molecule has 0 aliphatic carbocycles. The van der Waals surface area contributed by atoms with Gasteiger partial charge in [-0.15, -0.1) is 0 Å². The number of hydrogen-bond donors (Lipinski definition) is 1. The van der Waals surface area contributed by atoms with Crippen LogP contribution >= 0.6 is 0 Å². The molecule has 0 aromatic rings. The molecule has 2 atom stereocenters. The average molecular weight is 284 g/mol. The molecule has 0 bridgehead atoms. The van der Waals surface area contributed by atoms with E-state index in [0.717, 1.165) is 6.42 Å². The van der Waals surface area contributed by atoms with E-state index in [2.05, 4.69) is 0 Å². The first-order valence-electron chi connectivity index (χ1n) is 7.17. The van der Waals surface area contributed by atoms with E-state index >= 15 is 0 Å². The van der Waals surface area contributed by atoms with Gasteiger partial charge in [-0.3, -0.25) is 14.4 Å². The number of hydrogen-bond acceptors (Lipinski definition) is 3. The number of carboxylic acids is 1. The summed E-state index contributed by atoms with van der Waals surface area (Å²) >= 11 is 0. The fourth-order valence-electron chi connectivity index (χ4n) is 2.33. The number of carboxylic acid groups (broad SMARTS) is 1. The molecule has 0 radical (unpaired) electrons. The van der Waals surface area contributed by atoms with Crippen LogP contribution in [-0.4, -0.2) is 58.9 Å². The van der Waals surface area contributed by atoms with E-state index < -0.39 is 17.8 Å². The minimum absolute atomic E-state index is 0.103. The first-order chi connectivity index (χ1) is 9.38. The number of amides is 2. The monoisotopic (exact) mass is 284 g/mol. The number of nitrogens with zero attached hydrogens (tertiary/aromatic N) is 2. The van der Waals surface area contributed by atoms with Gasteiger partial charge in [-0.1, -0.05) is 20.8 Å². The molecule has 114 valence electrons. The van der Waals surface area contributed by atoms with E-state index in [9.17, 15) is 14.4 Å². The number of carbonyl (C=O) groups excluding carboxylic acids is 2. The van der Waals surface area contributed by atoms with Gasteiger partial charge in [0.1, 0.15) is 0 Å². The van der Waals surface area contributed by atoms with Gasteiger partial charge in [0.05, 0.1) is 5.92 Å². The number of carbonyl (C=O) groups is 3. The van der Waals surface area contributed by atoms with Crippen molar-refractivity contribution in [1.29, 1.82) is 0 Å². The van der Waals surface area contributed by atoms with Crippen LogP contribution in [0.4, 0.5) is 0 Å². The summed E-state index contributed by atoms with van der Waals surface area (Å²) in [6, 6.07) is 0. The summed E-state index contributed by atoms with van der Waals surface area (Å²) in [5.41, 5.74) is 0. The Morgan fingerprint density at radius 2 is 1.55 bits per heavy atom. The Balaban J connectivity index is 2.62. The van der Waals surface area contributed by atoms with Crippen molar-refractivity contribution in [2.75, 3.05) is 26.2 Å². The molecule has 6 heteroatoms. The van der Waals surface area contributed by atoms with Crippen molar-refractivity contribution >= 4 is 17.8 Å². The van der Waals surface area contributed by atoms with Gasteiger partial charge in [0.2, 0.25) is 11.8 Å². The topological polar surface area (TPSA) is 77.9 Å². The second-order valence-corrected chi connectivity index (χ2v) is 5.33. The molecule has 2 unspecified atom stereocenters. The summed E-state index contributed by atoms with van der Waals surface area (Å²) in [4.78, 5) is 38.4. The molecule has 1 rings (SSSR count). The number of rotatable bonds is 4. The number of aliphatic carboxylic acids is 1. The Morgan fingerprint density at radius 1 is 1.00 bits per heavy atom. The van der Waals surface area contributed by atoms with Crippen LogP contribution in [0.1, 0.15) is 33.6 Å². The second-order valence-electron chi connectivity index (χ2n) is 5.33. The molecule has 1 aliphatic rings. The standard InChI is InChI=1S/C14H24N2O4/c1-4-12(17)15-6-5-7-16(9-8-15)13(18)10(2)11(3)14(19)20/h10-11H,4-9H2,1-3H3,(H,19,20). The molecular weight excluding hydrogens is 260 g/mol. The predicted octanol–water partition coefficient (Wildman–Crippen LogP) is 0.814. The smallest absolute Gasteiger partial charge is 0.307 e. The lowest BCUT2D eigenvalue weighted by Gasteiger charge is -2.26. The SMILES string of the molecule is CCC(=O)N1CCCN(C(=O)C(C)C(C)C(=O)O)CC1. The van der Waals surface area contributed by atoms with E-state index in [1.165, 1.54) is 0 Å². The third-order valence-corrected chi connectivity index (χ3v) is 3.99. The third-order valence-electron chi connectivity index (χ3n) is 3.99. The Morgan fingerprint density at radius 3 is 2.10 bits per heavy atom. The van der Waals surface area contributed by atoms with Crippen LogP contribution in [0.15, 0.2) is 0 Å². The molecule has 1 fully saturated rings. The fraction of sp³-hybridized carbons (Fsp3) is 0.786. The van der Waals surface area contributed by atoms with E-state index in [0.29, 0.717) is 32.6 Å². The van der Waals surface area contributed by atoms with E-state index in [4.69, 9.17) is 5.11 Å². The molecule has 1 N–H and O–H groups in total. The molecule has 1 aliphatic heterocycles. The predicted molar refractivity (Wildman–Crippen MR) is 74.0 cm³/mol. The van der Waals surface area contributed by atoms with Crippen molar-refractivity contribution in [2.24, 2.45) is 11.8 Å². The van der Waals surface area contributed by atoms with Gasteiger partial charge in [0.15, 0.2) is 0 Å². The molecular formula is C14H24N2O4. The normalized spacial score (nSPS) is 19.1. The summed E-state index contributed by atoms with van der Waals surface area (Å²) in [5.74, 6) is -2.22. The van der Waals surface area contributed by atoms with Crippen LogP contribution < -0.4 is 0 Å². The highest BCUT2D eigenvalue weighted by atomic mass is 16.4. The Hall–Kier alpha value is -1.59. The maximum atomic E-state index is 12.3. The fourth-order valence-corrected chi connectivity index (χ4v) is 2.33. The van der Waals surface area contributed by atoms with Crippen LogP contribution in [0.25, 0.3) is 0 Å². The third kappa shape index (κ3) is 3.95. The lowest BCUT2D eigenvalue weighted by molar-refractivity contribution is -0.149. The molecule has 0 aromatic heterocycles. The van der Waals surface area contributed by atoms with Gasteiger partial charge in [-0.05, 0) is 6.42 Å². The summed E-state index contributed by atoms with van der Waals surface area (Å²) in [5, 5.41) is 8.98. The molecule has 6 nitrogen and oxygen atoms in total. The van der Waals surface area contributed by atoms with Gasteiger partial charge in [0.25, 0.3) is 0 Å². The van der Waals surface area contributed by atoms with Crippen molar-refractivity contribution < 1.29 is 19.5 Å². The largest absolute Gasteiger partial charge is 0.481 e.